The number of hydrogen-bond donors (Lipinski definition) is 1. The molecule has 1 amide bonds. The van der Waals surface area contributed by atoms with Gasteiger partial charge in [0.25, 0.3) is 0 Å². The van der Waals surface area contributed by atoms with Crippen LogP contribution >= 0.6 is 11.3 Å². The van der Waals surface area contributed by atoms with Crippen molar-refractivity contribution in [2.45, 2.75) is 46.5 Å². The summed E-state index contributed by atoms with van der Waals surface area (Å²) < 4.78 is 0. The third-order valence-corrected chi connectivity index (χ3v) is 3.56. The Hall–Kier alpha value is -0.900. The highest BCUT2D eigenvalue weighted by atomic mass is 32.1. The molecule has 4 heteroatoms. The molecule has 0 saturated carbocycles. The van der Waals surface area contributed by atoms with Gasteiger partial charge in [-0.2, -0.15) is 0 Å². The molecule has 0 aliphatic rings. The third kappa shape index (κ3) is 4.31. The summed E-state index contributed by atoms with van der Waals surface area (Å²) in [6.07, 6.45) is 3.57. The van der Waals surface area contributed by atoms with Crippen LogP contribution in [0.1, 0.15) is 41.8 Å². The van der Waals surface area contributed by atoms with Crippen LogP contribution in [0.15, 0.2) is 0 Å². The first-order valence-corrected chi connectivity index (χ1v) is 6.64. The summed E-state index contributed by atoms with van der Waals surface area (Å²) in [5.74, 6) is 0.152. The number of nitrogens with zero attached hydrogens (tertiary/aromatic N) is 1. The van der Waals surface area contributed by atoms with Crippen molar-refractivity contribution in [3.05, 3.63) is 15.6 Å². The Balaban J connectivity index is 2.29. The molecule has 0 radical (unpaired) electrons. The molecule has 0 aromatic carbocycles. The van der Waals surface area contributed by atoms with E-state index in [4.69, 9.17) is 0 Å². The van der Waals surface area contributed by atoms with E-state index in [-0.39, 0.29) is 5.91 Å². The molecule has 90 valence electrons. The summed E-state index contributed by atoms with van der Waals surface area (Å²) in [7, 11) is 0. The first-order valence-electron chi connectivity index (χ1n) is 5.83. The zero-order valence-corrected chi connectivity index (χ0v) is 11.1. The average molecular weight is 240 g/mol. The first kappa shape index (κ1) is 13.2. The molecule has 0 aliphatic heterocycles. The van der Waals surface area contributed by atoms with Crippen LogP contribution in [0, 0.1) is 13.8 Å². The van der Waals surface area contributed by atoms with Gasteiger partial charge in [-0.05, 0) is 26.7 Å². The highest BCUT2D eigenvalue weighted by Gasteiger charge is 2.07. The molecule has 0 saturated heterocycles. The summed E-state index contributed by atoms with van der Waals surface area (Å²) in [5.41, 5.74) is 1.07. The van der Waals surface area contributed by atoms with Gasteiger partial charge in [0, 0.05) is 17.8 Å². The van der Waals surface area contributed by atoms with E-state index < -0.39 is 0 Å². The number of carbonyl (C=O) groups excluding carboxylic acids is 1. The Morgan fingerprint density at radius 3 is 2.75 bits per heavy atom. The zero-order chi connectivity index (χ0) is 12.0. The minimum Gasteiger partial charge on any atom is -0.356 e. The fraction of sp³-hybridized carbons (Fsp3) is 0.667. The van der Waals surface area contributed by atoms with E-state index >= 15 is 0 Å². The standard InChI is InChI=1S/C12H20N2OS/c1-4-5-8-13-12(15)7-6-11-9(2)14-10(3)16-11/h4-8H2,1-3H3,(H,13,15). The summed E-state index contributed by atoms with van der Waals surface area (Å²) in [5, 5.41) is 4.01. The van der Waals surface area contributed by atoms with Gasteiger partial charge in [0.2, 0.25) is 5.91 Å². The van der Waals surface area contributed by atoms with Crippen molar-refractivity contribution in [1.29, 1.82) is 0 Å². The Labute approximate surface area is 101 Å². The number of unbranched alkanes of at least 4 members (excludes halogenated alkanes) is 1. The van der Waals surface area contributed by atoms with Crippen LogP contribution in [-0.4, -0.2) is 17.4 Å². The molecule has 3 nitrogen and oxygen atoms in total. The average Bonchev–Trinajstić information content (AvgIpc) is 2.55. The number of nitrogens with one attached hydrogen (secondary N) is 1. The van der Waals surface area contributed by atoms with Gasteiger partial charge >= 0.3 is 0 Å². The quantitative estimate of drug-likeness (QED) is 0.777. The summed E-state index contributed by atoms with van der Waals surface area (Å²) in [6, 6.07) is 0. The van der Waals surface area contributed by atoms with Crippen LogP contribution in [0.3, 0.4) is 0 Å². The third-order valence-electron chi connectivity index (χ3n) is 2.43. The summed E-state index contributed by atoms with van der Waals surface area (Å²) in [6.45, 7) is 6.93. The van der Waals surface area contributed by atoms with E-state index in [1.165, 1.54) is 4.88 Å². The van der Waals surface area contributed by atoms with E-state index in [0.29, 0.717) is 6.42 Å². The molecule has 0 aliphatic carbocycles. The topological polar surface area (TPSA) is 42.0 Å². The molecule has 0 fully saturated rings. The lowest BCUT2D eigenvalue weighted by Gasteiger charge is -2.03. The van der Waals surface area contributed by atoms with Crippen molar-refractivity contribution in [1.82, 2.24) is 10.3 Å². The van der Waals surface area contributed by atoms with Crippen LogP contribution in [0.2, 0.25) is 0 Å². The van der Waals surface area contributed by atoms with Crippen LogP contribution in [0.4, 0.5) is 0 Å². The first-order chi connectivity index (χ1) is 7.63. The van der Waals surface area contributed by atoms with Gasteiger partial charge in [0.1, 0.15) is 0 Å². The molecule has 1 aromatic heterocycles. The molecular formula is C12H20N2OS. The smallest absolute Gasteiger partial charge is 0.220 e. The number of hydrogen-bond acceptors (Lipinski definition) is 3. The lowest BCUT2D eigenvalue weighted by atomic mass is 10.2. The monoisotopic (exact) mass is 240 g/mol. The van der Waals surface area contributed by atoms with Gasteiger partial charge in [-0.15, -0.1) is 11.3 Å². The normalized spacial score (nSPS) is 10.4. The van der Waals surface area contributed by atoms with Crippen LogP contribution in [0.25, 0.3) is 0 Å². The van der Waals surface area contributed by atoms with Crippen molar-refractivity contribution in [2.24, 2.45) is 0 Å². The fourth-order valence-electron chi connectivity index (χ4n) is 1.53. The molecule has 1 rings (SSSR count). The Morgan fingerprint density at radius 1 is 1.44 bits per heavy atom. The van der Waals surface area contributed by atoms with E-state index in [9.17, 15) is 4.79 Å². The zero-order valence-electron chi connectivity index (χ0n) is 10.3. The molecule has 1 heterocycles. The molecule has 1 aromatic rings. The van der Waals surface area contributed by atoms with Crippen LogP contribution in [0.5, 0.6) is 0 Å². The maximum Gasteiger partial charge on any atom is 0.220 e. The van der Waals surface area contributed by atoms with Crippen molar-refractivity contribution in [3.8, 4) is 0 Å². The Morgan fingerprint density at radius 2 is 2.19 bits per heavy atom. The molecule has 0 unspecified atom stereocenters. The van der Waals surface area contributed by atoms with E-state index in [2.05, 4.69) is 17.2 Å². The highest BCUT2D eigenvalue weighted by molar-refractivity contribution is 7.11. The minimum absolute atomic E-state index is 0.152. The maximum atomic E-state index is 11.5. The van der Waals surface area contributed by atoms with Crippen LogP contribution < -0.4 is 5.32 Å². The SMILES string of the molecule is CCCCNC(=O)CCc1sc(C)nc1C. The number of aromatic nitrogens is 1. The lowest BCUT2D eigenvalue weighted by molar-refractivity contribution is -0.121. The number of amides is 1. The maximum absolute atomic E-state index is 11.5. The van der Waals surface area contributed by atoms with Gasteiger partial charge in [-0.3, -0.25) is 4.79 Å². The number of aryl methyl sites for hydroxylation is 3. The second-order valence-electron chi connectivity index (χ2n) is 3.94. The Bertz CT molecular complexity index is 347. The van der Waals surface area contributed by atoms with Crippen molar-refractivity contribution < 1.29 is 4.79 Å². The summed E-state index contributed by atoms with van der Waals surface area (Å²) >= 11 is 1.69. The van der Waals surface area contributed by atoms with Gasteiger partial charge < -0.3 is 5.32 Å². The second kappa shape index (κ2) is 6.63. The molecule has 0 atom stereocenters. The van der Waals surface area contributed by atoms with Crippen molar-refractivity contribution >= 4 is 17.2 Å². The molecule has 0 bridgehead atoms. The lowest BCUT2D eigenvalue weighted by Crippen LogP contribution is -2.24. The predicted molar refractivity (Wildman–Crippen MR) is 67.8 cm³/mol. The van der Waals surface area contributed by atoms with E-state index in [1.54, 1.807) is 11.3 Å². The van der Waals surface area contributed by atoms with Gasteiger partial charge in [0.05, 0.1) is 10.7 Å². The molecule has 16 heavy (non-hydrogen) atoms. The van der Waals surface area contributed by atoms with Crippen LogP contribution in [-0.2, 0) is 11.2 Å². The van der Waals surface area contributed by atoms with Gasteiger partial charge in [-0.25, -0.2) is 4.98 Å². The summed E-state index contributed by atoms with van der Waals surface area (Å²) in [4.78, 5) is 17.1. The van der Waals surface area contributed by atoms with Crippen molar-refractivity contribution in [2.75, 3.05) is 6.54 Å². The number of carbonyl (C=O) groups is 1. The van der Waals surface area contributed by atoms with E-state index in [1.807, 2.05) is 13.8 Å². The highest BCUT2D eigenvalue weighted by Crippen LogP contribution is 2.18. The van der Waals surface area contributed by atoms with Crippen molar-refractivity contribution in [3.63, 3.8) is 0 Å². The molecule has 0 spiro atoms. The molecular weight excluding hydrogens is 220 g/mol. The minimum atomic E-state index is 0.152. The largest absolute Gasteiger partial charge is 0.356 e. The van der Waals surface area contributed by atoms with Gasteiger partial charge in [-0.1, -0.05) is 13.3 Å². The fourth-order valence-corrected chi connectivity index (χ4v) is 2.46. The van der Waals surface area contributed by atoms with E-state index in [0.717, 1.165) is 36.5 Å². The number of thiazole rings is 1. The number of rotatable bonds is 6. The Kier molecular flexibility index (Phi) is 5.46. The van der Waals surface area contributed by atoms with Gasteiger partial charge in [0.15, 0.2) is 0 Å². The second-order valence-corrected chi connectivity index (χ2v) is 5.23. The predicted octanol–water partition coefficient (Wildman–Crippen LogP) is 2.61. The molecule has 1 N–H and O–H groups in total.